The SMILES string of the molecule is CCC(N)C(OC1COC1)c1cccs1. The predicted molar refractivity (Wildman–Crippen MR) is 61.0 cm³/mol. The van der Waals surface area contributed by atoms with Gasteiger partial charge in [-0.2, -0.15) is 0 Å². The quantitative estimate of drug-likeness (QED) is 0.836. The van der Waals surface area contributed by atoms with E-state index in [2.05, 4.69) is 18.4 Å². The van der Waals surface area contributed by atoms with Crippen LogP contribution in [0.5, 0.6) is 0 Å². The molecule has 84 valence electrons. The molecule has 1 saturated heterocycles. The van der Waals surface area contributed by atoms with Crippen LogP contribution < -0.4 is 5.73 Å². The first-order chi connectivity index (χ1) is 7.31. The molecule has 1 aromatic heterocycles. The molecule has 0 amide bonds. The Balaban J connectivity index is 2.01. The molecule has 2 rings (SSSR count). The van der Waals surface area contributed by atoms with Crippen LogP contribution in [-0.4, -0.2) is 25.4 Å². The fourth-order valence-corrected chi connectivity index (χ4v) is 2.38. The van der Waals surface area contributed by atoms with Gasteiger partial charge in [0, 0.05) is 10.9 Å². The summed E-state index contributed by atoms with van der Waals surface area (Å²) in [7, 11) is 0. The van der Waals surface area contributed by atoms with E-state index in [0.29, 0.717) is 13.2 Å². The lowest BCUT2D eigenvalue weighted by Crippen LogP contribution is -2.41. The van der Waals surface area contributed by atoms with Gasteiger partial charge in [0.15, 0.2) is 0 Å². The molecule has 2 unspecified atom stereocenters. The van der Waals surface area contributed by atoms with Gasteiger partial charge in [-0.3, -0.25) is 0 Å². The third-order valence-electron chi connectivity index (χ3n) is 2.63. The summed E-state index contributed by atoms with van der Waals surface area (Å²) in [5, 5.41) is 2.06. The minimum atomic E-state index is 0.0314. The Bertz CT molecular complexity index is 285. The maximum atomic E-state index is 6.08. The summed E-state index contributed by atoms with van der Waals surface area (Å²) in [6.45, 7) is 3.50. The summed E-state index contributed by atoms with van der Waals surface area (Å²) in [5.41, 5.74) is 6.08. The lowest BCUT2D eigenvalue weighted by atomic mass is 10.1. The van der Waals surface area contributed by atoms with Gasteiger partial charge in [0.1, 0.15) is 12.2 Å². The number of thiophene rings is 1. The van der Waals surface area contributed by atoms with E-state index in [4.69, 9.17) is 15.2 Å². The van der Waals surface area contributed by atoms with Crippen LogP contribution in [0.1, 0.15) is 24.3 Å². The monoisotopic (exact) mass is 227 g/mol. The van der Waals surface area contributed by atoms with Crippen LogP contribution in [0.25, 0.3) is 0 Å². The van der Waals surface area contributed by atoms with Gasteiger partial charge < -0.3 is 15.2 Å². The largest absolute Gasteiger partial charge is 0.376 e. The molecule has 0 aromatic carbocycles. The lowest BCUT2D eigenvalue weighted by molar-refractivity contribution is -0.159. The van der Waals surface area contributed by atoms with Gasteiger partial charge >= 0.3 is 0 Å². The average molecular weight is 227 g/mol. The summed E-state index contributed by atoms with van der Waals surface area (Å²) in [4.78, 5) is 1.22. The Labute approximate surface area is 94.2 Å². The molecule has 1 aliphatic heterocycles. The standard InChI is InChI=1S/C11H17NO2S/c1-2-9(12)11(10-4-3-5-15-10)14-8-6-13-7-8/h3-5,8-9,11H,2,6-7,12H2,1H3. The van der Waals surface area contributed by atoms with Crippen molar-refractivity contribution in [3.05, 3.63) is 22.4 Å². The molecule has 2 atom stereocenters. The highest BCUT2D eigenvalue weighted by atomic mass is 32.1. The van der Waals surface area contributed by atoms with Crippen molar-refractivity contribution >= 4 is 11.3 Å². The predicted octanol–water partition coefficient (Wildman–Crippen LogP) is 1.94. The number of nitrogens with two attached hydrogens (primary N) is 1. The van der Waals surface area contributed by atoms with E-state index in [9.17, 15) is 0 Å². The summed E-state index contributed by atoms with van der Waals surface area (Å²) < 4.78 is 11.0. The maximum absolute atomic E-state index is 6.08. The van der Waals surface area contributed by atoms with E-state index in [-0.39, 0.29) is 18.2 Å². The third kappa shape index (κ3) is 2.58. The average Bonchev–Trinajstić information content (AvgIpc) is 2.68. The molecule has 0 aliphatic carbocycles. The Morgan fingerprint density at radius 1 is 1.67 bits per heavy atom. The summed E-state index contributed by atoms with van der Waals surface area (Å²) in [6.07, 6.45) is 1.19. The molecule has 0 saturated carbocycles. The highest BCUT2D eigenvalue weighted by molar-refractivity contribution is 7.10. The molecular formula is C11H17NO2S. The molecule has 15 heavy (non-hydrogen) atoms. The van der Waals surface area contributed by atoms with E-state index in [1.807, 2.05) is 6.07 Å². The second-order valence-corrected chi connectivity index (χ2v) is 4.78. The first kappa shape index (κ1) is 11.1. The summed E-state index contributed by atoms with van der Waals surface area (Å²) >= 11 is 1.71. The summed E-state index contributed by atoms with van der Waals surface area (Å²) in [6, 6.07) is 4.20. The summed E-state index contributed by atoms with van der Waals surface area (Å²) in [5.74, 6) is 0. The van der Waals surface area contributed by atoms with E-state index in [0.717, 1.165) is 6.42 Å². The van der Waals surface area contributed by atoms with Crippen LogP contribution in [0.15, 0.2) is 17.5 Å². The molecule has 2 N–H and O–H groups in total. The smallest absolute Gasteiger partial charge is 0.107 e. The van der Waals surface area contributed by atoms with Crippen LogP contribution in [-0.2, 0) is 9.47 Å². The van der Waals surface area contributed by atoms with Gasteiger partial charge in [0.2, 0.25) is 0 Å². The molecule has 4 heteroatoms. The molecule has 1 fully saturated rings. The topological polar surface area (TPSA) is 44.5 Å². The second-order valence-electron chi connectivity index (χ2n) is 3.80. The third-order valence-corrected chi connectivity index (χ3v) is 3.56. The van der Waals surface area contributed by atoms with Crippen molar-refractivity contribution in [2.24, 2.45) is 5.73 Å². The van der Waals surface area contributed by atoms with Crippen LogP contribution in [0.2, 0.25) is 0 Å². The molecule has 2 heterocycles. The van der Waals surface area contributed by atoms with Crippen molar-refractivity contribution in [3.63, 3.8) is 0 Å². The number of ether oxygens (including phenoxy) is 2. The molecular weight excluding hydrogens is 210 g/mol. The number of rotatable bonds is 5. The molecule has 1 aromatic rings. The van der Waals surface area contributed by atoms with Gasteiger partial charge in [-0.25, -0.2) is 0 Å². The van der Waals surface area contributed by atoms with E-state index in [1.165, 1.54) is 4.88 Å². The van der Waals surface area contributed by atoms with Crippen molar-refractivity contribution in [1.29, 1.82) is 0 Å². The van der Waals surface area contributed by atoms with E-state index in [1.54, 1.807) is 11.3 Å². The minimum absolute atomic E-state index is 0.0314. The zero-order valence-electron chi connectivity index (χ0n) is 8.89. The van der Waals surface area contributed by atoms with Gasteiger partial charge in [-0.1, -0.05) is 13.0 Å². The van der Waals surface area contributed by atoms with Gasteiger partial charge in [0.05, 0.1) is 13.2 Å². The Morgan fingerprint density at radius 3 is 2.93 bits per heavy atom. The highest BCUT2D eigenvalue weighted by Crippen LogP contribution is 2.28. The fourth-order valence-electron chi connectivity index (χ4n) is 1.55. The second kappa shape index (κ2) is 5.07. The molecule has 3 nitrogen and oxygen atoms in total. The molecule has 0 bridgehead atoms. The Hall–Kier alpha value is -0.420. The Kier molecular flexibility index (Phi) is 3.75. The number of hydrogen-bond acceptors (Lipinski definition) is 4. The molecule has 0 spiro atoms. The zero-order valence-corrected chi connectivity index (χ0v) is 9.70. The van der Waals surface area contributed by atoms with Crippen molar-refractivity contribution in [1.82, 2.24) is 0 Å². The van der Waals surface area contributed by atoms with Crippen LogP contribution in [0.3, 0.4) is 0 Å². The molecule has 1 aliphatic rings. The van der Waals surface area contributed by atoms with Crippen LogP contribution >= 0.6 is 11.3 Å². The highest BCUT2D eigenvalue weighted by Gasteiger charge is 2.28. The van der Waals surface area contributed by atoms with Crippen LogP contribution in [0, 0.1) is 0 Å². The number of hydrogen-bond donors (Lipinski definition) is 1. The first-order valence-corrected chi connectivity index (χ1v) is 6.21. The minimum Gasteiger partial charge on any atom is -0.376 e. The molecule has 0 radical (unpaired) electrons. The normalized spacial score (nSPS) is 20.9. The van der Waals surface area contributed by atoms with Crippen molar-refractivity contribution in [2.75, 3.05) is 13.2 Å². The van der Waals surface area contributed by atoms with Gasteiger partial charge in [-0.05, 0) is 17.9 Å². The lowest BCUT2D eigenvalue weighted by Gasteiger charge is -2.32. The first-order valence-electron chi connectivity index (χ1n) is 5.33. The maximum Gasteiger partial charge on any atom is 0.107 e. The fraction of sp³-hybridized carbons (Fsp3) is 0.636. The van der Waals surface area contributed by atoms with E-state index >= 15 is 0 Å². The van der Waals surface area contributed by atoms with Crippen LogP contribution in [0.4, 0.5) is 0 Å². The van der Waals surface area contributed by atoms with Crippen molar-refractivity contribution < 1.29 is 9.47 Å². The van der Waals surface area contributed by atoms with E-state index < -0.39 is 0 Å². The van der Waals surface area contributed by atoms with Gasteiger partial charge in [0.25, 0.3) is 0 Å². The van der Waals surface area contributed by atoms with Crippen molar-refractivity contribution in [2.45, 2.75) is 31.6 Å². The van der Waals surface area contributed by atoms with Gasteiger partial charge in [-0.15, -0.1) is 11.3 Å². The zero-order chi connectivity index (χ0) is 10.7. The Morgan fingerprint density at radius 2 is 2.47 bits per heavy atom. The van der Waals surface area contributed by atoms with Crippen molar-refractivity contribution in [3.8, 4) is 0 Å².